The van der Waals surface area contributed by atoms with E-state index in [0.29, 0.717) is 42.0 Å². The van der Waals surface area contributed by atoms with Crippen LogP contribution in [0, 0.1) is 11.3 Å². The second-order valence-corrected chi connectivity index (χ2v) is 8.31. The van der Waals surface area contributed by atoms with E-state index in [1.807, 2.05) is 6.08 Å². The Labute approximate surface area is 203 Å². The van der Waals surface area contributed by atoms with Crippen molar-refractivity contribution in [1.29, 1.82) is 5.41 Å². The molecule has 2 heterocycles. The summed E-state index contributed by atoms with van der Waals surface area (Å²) in [6.07, 6.45) is 8.53. The number of methoxy groups -OCH3 is 1. The molecule has 3 aliphatic rings. The number of nitrogens with one attached hydrogen (secondary N) is 5. The van der Waals surface area contributed by atoms with Crippen LogP contribution in [0.1, 0.15) is 19.8 Å². The van der Waals surface area contributed by atoms with Crippen molar-refractivity contribution in [3.8, 4) is 5.75 Å². The molecule has 0 radical (unpaired) electrons. The molecular formula is C24H29N7O4. The molecular weight excluding hydrogens is 450 g/mol. The van der Waals surface area contributed by atoms with Gasteiger partial charge in [0.15, 0.2) is 0 Å². The molecule has 35 heavy (non-hydrogen) atoms. The first-order valence-corrected chi connectivity index (χ1v) is 11.3. The largest absolute Gasteiger partial charge is 0.438 e. The number of hydrogen-bond donors (Lipinski definition) is 5. The highest BCUT2D eigenvalue weighted by atomic mass is 16.5. The Kier molecular flexibility index (Phi) is 7.46. The lowest BCUT2D eigenvalue weighted by atomic mass is 10.2. The summed E-state index contributed by atoms with van der Waals surface area (Å²) < 4.78 is 10.8. The molecule has 2 amide bonds. The molecule has 1 fully saturated rings. The number of carbonyl (C=O) groups excluding carboxylic acids is 2. The Hall–Kier alpha value is -4.12. The third kappa shape index (κ3) is 6.70. The minimum absolute atomic E-state index is 0.0280. The van der Waals surface area contributed by atoms with E-state index < -0.39 is 5.91 Å². The van der Waals surface area contributed by atoms with Crippen LogP contribution >= 0.6 is 0 Å². The van der Waals surface area contributed by atoms with E-state index in [1.54, 1.807) is 55.6 Å². The van der Waals surface area contributed by atoms with Gasteiger partial charge in [0.1, 0.15) is 23.4 Å². The maximum Gasteiger partial charge on any atom is 0.273 e. The SMILES string of the molecule is COCCN/C(C)=C\C(=N)C(=O)Nc1ccc(OC2=NN3C=C(NC(=O)C4CC4)NC3C=C2)cc1. The fourth-order valence-electron chi connectivity index (χ4n) is 3.34. The molecule has 0 spiro atoms. The number of anilines is 1. The maximum atomic E-state index is 12.3. The van der Waals surface area contributed by atoms with E-state index in [4.69, 9.17) is 14.9 Å². The number of ether oxygens (including phenoxy) is 2. The summed E-state index contributed by atoms with van der Waals surface area (Å²) >= 11 is 0. The molecule has 1 unspecified atom stereocenters. The molecule has 1 aliphatic carbocycles. The number of hydrogen-bond acceptors (Lipinski definition) is 9. The molecule has 184 valence electrons. The van der Waals surface area contributed by atoms with Gasteiger partial charge in [-0.3, -0.25) is 15.0 Å². The predicted molar refractivity (Wildman–Crippen MR) is 131 cm³/mol. The number of amides is 2. The topological polar surface area (TPSA) is 140 Å². The predicted octanol–water partition coefficient (Wildman–Crippen LogP) is 1.60. The molecule has 1 aromatic rings. The molecule has 1 aromatic carbocycles. The molecule has 0 bridgehead atoms. The monoisotopic (exact) mass is 479 g/mol. The highest BCUT2D eigenvalue weighted by Gasteiger charge is 2.32. The van der Waals surface area contributed by atoms with E-state index in [0.717, 1.165) is 12.8 Å². The summed E-state index contributed by atoms with van der Waals surface area (Å²) in [6, 6.07) is 6.78. The van der Waals surface area contributed by atoms with E-state index in [-0.39, 0.29) is 23.7 Å². The molecule has 0 saturated heterocycles. The summed E-state index contributed by atoms with van der Waals surface area (Å²) in [6.45, 7) is 2.92. The van der Waals surface area contributed by atoms with Gasteiger partial charge < -0.3 is 30.7 Å². The quantitative estimate of drug-likeness (QED) is 0.254. The summed E-state index contributed by atoms with van der Waals surface area (Å²) in [4.78, 5) is 24.2. The Morgan fingerprint density at radius 3 is 2.74 bits per heavy atom. The minimum Gasteiger partial charge on any atom is -0.438 e. The number of rotatable bonds is 10. The van der Waals surface area contributed by atoms with E-state index in [1.165, 1.54) is 6.08 Å². The van der Waals surface area contributed by atoms with Crippen molar-refractivity contribution in [3.05, 3.63) is 60.2 Å². The van der Waals surface area contributed by atoms with Crippen molar-refractivity contribution in [2.24, 2.45) is 11.0 Å². The Morgan fingerprint density at radius 2 is 2.03 bits per heavy atom. The maximum absolute atomic E-state index is 12.3. The third-order valence-electron chi connectivity index (χ3n) is 5.34. The summed E-state index contributed by atoms with van der Waals surface area (Å²) in [7, 11) is 1.61. The molecule has 2 aliphatic heterocycles. The summed E-state index contributed by atoms with van der Waals surface area (Å²) in [5.74, 6) is 1.17. The van der Waals surface area contributed by atoms with Crippen LogP contribution < -0.4 is 26.0 Å². The lowest BCUT2D eigenvalue weighted by molar-refractivity contribution is -0.121. The van der Waals surface area contributed by atoms with Crippen molar-refractivity contribution in [3.63, 3.8) is 0 Å². The molecule has 5 N–H and O–H groups in total. The van der Waals surface area contributed by atoms with Crippen molar-refractivity contribution in [2.75, 3.05) is 25.6 Å². The zero-order valence-corrected chi connectivity index (χ0v) is 19.6. The van der Waals surface area contributed by atoms with Crippen LogP contribution in [-0.4, -0.2) is 54.9 Å². The van der Waals surface area contributed by atoms with Gasteiger partial charge in [0.05, 0.1) is 12.8 Å². The lowest BCUT2D eigenvalue weighted by Crippen LogP contribution is -2.38. The van der Waals surface area contributed by atoms with Crippen LogP contribution in [0.25, 0.3) is 0 Å². The number of allylic oxidation sites excluding steroid dienone is 1. The van der Waals surface area contributed by atoms with Gasteiger partial charge in [0.25, 0.3) is 5.91 Å². The molecule has 4 rings (SSSR count). The van der Waals surface area contributed by atoms with Gasteiger partial charge in [-0.05, 0) is 56.2 Å². The van der Waals surface area contributed by atoms with E-state index in [2.05, 4.69) is 26.4 Å². The zero-order valence-electron chi connectivity index (χ0n) is 19.6. The van der Waals surface area contributed by atoms with E-state index in [9.17, 15) is 9.59 Å². The van der Waals surface area contributed by atoms with Gasteiger partial charge in [-0.25, -0.2) is 5.01 Å². The lowest BCUT2D eigenvalue weighted by Gasteiger charge is -2.22. The second kappa shape index (κ2) is 10.9. The average Bonchev–Trinajstić information content (AvgIpc) is 3.61. The summed E-state index contributed by atoms with van der Waals surface area (Å²) in [5.41, 5.74) is 1.08. The summed E-state index contributed by atoms with van der Waals surface area (Å²) in [5, 5.41) is 25.9. The van der Waals surface area contributed by atoms with Gasteiger partial charge in [0.2, 0.25) is 11.8 Å². The average molecular weight is 480 g/mol. The first-order chi connectivity index (χ1) is 16.9. The molecule has 0 aromatic heterocycles. The molecule has 11 nitrogen and oxygen atoms in total. The fourth-order valence-corrected chi connectivity index (χ4v) is 3.34. The standard InChI is InChI=1S/C24H29N7O4/c1-15(26-11-12-34-2)13-19(25)24(33)27-17-5-7-18(8-6-17)35-22-10-9-21-28-20(14-31(21)30-22)29-23(32)16-3-4-16/h5-10,13-14,16,21,25-26,28H,3-4,11-12H2,1-2H3,(H,27,33)(H,29,32)/b15-13-,25-19?. The van der Waals surface area contributed by atoms with Crippen LogP contribution in [0.5, 0.6) is 5.75 Å². The van der Waals surface area contributed by atoms with E-state index >= 15 is 0 Å². The molecule has 11 heteroatoms. The number of hydrazone groups is 1. The first-order valence-electron chi connectivity index (χ1n) is 11.3. The van der Waals surface area contributed by atoms with Crippen molar-refractivity contribution in [2.45, 2.75) is 25.9 Å². The number of carbonyl (C=O) groups is 2. The number of fused-ring (bicyclic) bond motifs is 1. The second-order valence-electron chi connectivity index (χ2n) is 8.31. The van der Waals surface area contributed by atoms with Crippen LogP contribution in [0.2, 0.25) is 0 Å². The third-order valence-corrected chi connectivity index (χ3v) is 5.34. The first kappa shape index (κ1) is 24.0. The van der Waals surface area contributed by atoms with Gasteiger partial charge in [-0.15, -0.1) is 5.10 Å². The van der Waals surface area contributed by atoms with Crippen molar-refractivity contribution in [1.82, 2.24) is 21.0 Å². The van der Waals surface area contributed by atoms with Crippen molar-refractivity contribution >= 4 is 29.1 Å². The smallest absolute Gasteiger partial charge is 0.273 e. The van der Waals surface area contributed by atoms with Crippen LogP contribution in [0.4, 0.5) is 5.69 Å². The molecule has 1 saturated carbocycles. The molecule has 1 atom stereocenters. The zero-order chi connectivity index (χ0) is 24.8. The van der Waals surface area contributed by atoms with Crippen LogP contribution in [-0.2, 0) is 14.3 Å². The van der Waals surface area contributed by atoms with Crippen LogP contribution in [0.15, 0.2) is 65.3 Å². The minimum atomic E-state index is -0.518. The Morgan fingerprint density at radius 1 is 1.26 bits per heavy atom. The van der Waals surface area contributed by atoms with Crippen molar-refractivity contribution < 1.29 is 19.1 Å². The van der Waals surface area contributed by atoms with Gasteiger partial charge in [-0.2, -0.15) is 0 Å². The van der Waals surface area contributed by atoms with Gasteiger partial charge in [0, 0.05) is 37.0 Å². The highest BCUT2D eigenvalue weighted by Crippen LogP contribution is 2.29. The normalized spacial score (nSPS) is 18.6. The number of benzene rings is 1. The Balaban J connectivity index is 1.28. The Bertz CT molecular complexity index is 1100. The van der Waals surface area contributed by atoms with Gasteiger partial charge >= 0.3 is 0 Å². The van der Waals surface area contributed by atoms with Crippen LogP contribution in [0.3, 0.4) is 0 Å². The fraction of sp³-hybridized carbons (Fsp3) is 0.333. The highest BCUT2D eigenvalue weighted by molar-refractivity contribution is 6.46. The van der Waals surface area contributed by atoms with Gasteiger partial charge in [-0.1, -0.05) is 0 Å². The number of nitrogens with zero attached hydrogens (tertiary/aromatic N) is 2.